The molecule has 116 valence electrons. The number of benzene rings is 1. The lowest BCUT2D eigenvalue weighted by molar-refractivity contribution is -0.137. The molecule has 1 aromatic rings. The molecule has 1 unspecified atom stereocenters. The number of aliphatic carboxylic acids is 1. The molecule has 0 saturated heterocycles. The lowest BCUT2D eigenvalue weighted by atomic mass is 10.1. The van der Waals surface area contributed by atoms with Crippen LogP contribution in [0.2, 0.25) is 5.02 Å². The number of anilines is 1. The van der Waals surface area contributed by atoms with Gasteiger partial charge in [-0.1, -0.05) is 18.5 Å². The Balaban J connectivity index is 2.47. The van der Waals surface area contributed by atoms with Gasteiger partial charge in [0.25, 0.3) is 0 Å². The molecule has 0 heterocycles. The minimum atomic E-state index is -0.829. The van der Waals surface area contributed by atoms with Crippen molar-refractivity contribution in [3.63, 3.8) is 0 Å². The van der Waals surface area contributed by atoms with E-state index in [0.29, 0.717) is 23.7 Å². The Morgan fingerprint density at radius 1 is 1.43 bits per heavy atom. The van der Waals surface area contributed by atoms with Crippen LogP contribution in [-0.4, -0.2) is 23.7 Å². The van der Waals surface area contributed by atoms with E-state index in [2.05, 4.69) is 26.6 Å². The lowest BCUT2D eigenvalue weighted by Gasteiger charge is -2.13. The number of urea groups is 1. The largest absolute Gasteiger partial charge is 0.481 e. The summed E-state index contributed by atoms with van der Waals surface area (Å²) < 4.78 is 0.749. The van der Waals surface area contributed by atoms with Crippen molar-refractivity contribution in [1.82, 2.24) is 5.32 Å². The molecule has 0 aliphatic heterocycles. The van der Waals surface area contributed by atoms with Crippen LogP contribution in [0.4, 0.5) is 10.5 Å². The predicted octanol–water partition coefficient (Wildman–Crippen LogP) is 4.03. The van der Waals surface area contributed by atoms with Crippen LogP contribution >= 0.6 is 27.5 Å². The van der Waals surface area contributed by atoms with Gasteiger partial charge in [-0.15, -0.1) is 0 Å². The predicted molar refractivity (Wildman–Crippen MR) is 86.9 cm³/mol. The van der Waals surface area contributed by atoms with Gasteiger partial charge < -0.3 is 15.7 Å². The van der Waals surface area contributed by atoms with Crippen LogP contribution in [0.3, 0.4) is 0 Å². The molecule has 0 spiro atoms. The molecule has 0 aliphatic rings. The summed E-state index contributed by atoms with van der Waals surface area (Å²) in [6, 6.07) is 3.15. The molecule has 21 heavy (non-hydrogen) atoms. The average molecular weight is 378 g/mol. The highest BCUT2D eigenvalue weighted by Crippen LogP contribution is 2.29. The number of amides is 2. The summed E-state index contributed by atoms with van der Waals surface area (Å²) in [5.74, 6) is -0.735. The van der Waals surface area contributed by atoms with E-state index in [9.17, 15) is 9.59 Å². The Hall–Kier alpha value is -1.27. The van der Waals surface area contributed by atoms with Gasteiger partial charge in [-0.25, -0.2) is 4.79 Å². The SMILES string of the molecule is Cc1cc(Br)c(NC(=O)NCC(C)CCC(=O)O)cc1Cl. The molecule has 7 heteroatoms. The second-order valence-electron chi connectivity index (χ2n) is 4.95. The maximum absolute atomic E-state index is 11.8. The summed E-state index contributed by atoms with van der Waals surface area (Å²) in [5.41, 5.74) is 1.50. The van der Waals surface area contributed by atoms with Gasteiger partial charge in [-0.05, 0) is 52.9 Å². The van der Waals surface area contributed by atoms with Gasteiger partial charge in [0.15, 0.2) is 0 Å². The number of halogens is 2. The molecule has 5 nitrogen and oxygen atoms in total. The summed E-state index contributed by atoms with van der Waals surface area (Å²) in [7, 11) is 0. The Kier molecular flexibility index (Phi) is 6.98. The first kappa shape index (κ1) is 17.8. The maximum atomic E-state index is 11.8. The molecular formula is C14H18BrClN2O3. The van der Waals surface area contributed by atoms with Crippen molar-refractivity contribution in [2.75, 3.05) is 11.9 Å². The topological polar surface area (TPSA) is 78.4 Å². The van der Waals surface area contributed by atoms with Crippen LogP contribution in [-0.2, 0) is 4.79 Å². The van der Waals surface area contributed by atoms with E-state index >= 15 is 0 Å². The molecule has 0 aromatic heterocycles. The van der Waals surface area contributed by atoms with E-state index < -0.39 is 5.97 Å². The zero-order chi connectivity index (χ0) is 16.0. The standard InChI is InChI=1S/C14H18BrClN2O3/c1-8(3-4-13(19)20)7-17-14(21)18-12-6-11(16)9(2)5-10(12)15/h5-6,8H,3-4,7H2,1-2H3,(H,19,20)(H2,17,18,21). The Morgan fingerprint density at radius 2 is 2.10 bits per heavy atom. The molecule has 0 aliphatic carbocycles. The van der Waals surface area contributed by atoms with Gasteiger partial charge in [0, 0.05) is 22.5 Å². The van der Waals surface area contributed by atoms with Crippen LogP contribution in [0.15, 0.2) is 16.6 Å². The fraction of sp³-hybridized carbons (Fsp3) is 0.429. The van der Waals surface area contributed by atoms with Crippen molar-refractivity contribution < 1.29 is 14.7 Å². The summed E-state index contributed by atoms with van der Waals surface area (Å²) in [4.78, 5) is 22.3. The molecule has 1 aromatic carbocycles. The molecule has 1 rings (SSSR count). The fourth-order valence-electron chi connectivity index (χ4n) is 1.65. The van der Waals surface area contributed by atoms with E-state index in [-0.39, 0.29) is 18.4 Å². The van der Waals surface area contributed by atoms with Crippen molar-refractivity contribution in [3.8, 4) is 0 Å². The normalized spacial score (nSPS) is 11.8. The first-order chi connectivity index (χ1) is 9.79. The number of carbonyl (C=O) groups excluding carboxylic acids is 1. The third-order valence-corrected chi connectivity index (χ3v) is 4.02. The van der Waals surface area contributed by atoms with Gasteiger partial charge in [-0.2, -0.15) is 0 Å². The number of aryl methyl sites for hydroxylation is 1. The van der Waals surface area contributed by atoms with Crippen LogP contribution in [0.5, 0.6) is 0 Å². The zero-order valence-corrected chi connectivity index (χ0v) is 14.2. The lowest BCUT2D eigenvalue weighted by Crippen LogP contribution is -2.32. The number of nitrogens with one attached hydrogen (secondary N) is 2. The Morgan fingerprint density at radius 3 is 2.71 bits per heavy atom. The number of carboxylic acid groups (broad SMARTS) is 1. The average Bonchev–Trinajstić information content (AvgIpc) is 2.40. The third kappa shape index (κ3) is 6.35. The molecule has 1 atom stereocenters. The van der Waals surface area contributed by atoms with Crippen molar-refractivity contribution in [2.45, 2.75) is 26.7 Å². The molecule has 0 bridgehead atoms. The van der Waals surface area contributed by atoms with Gasteiger partial charge in [-0.3, -0.25) is 4.79 Å². The summed E-state index contributed by atoms with van der Waals surface area (Å²) in [6.45, 7) is 4.18. The van der Waals surface area contributed by atoms with E-state index in [1.54, 1.807) is 6.07 Å². The highest BCUT2D eigenvalue weighted by atomic mass is 79.9. The van der Waals surface area contributed by atoms with E-state index in [1.165, 1.54) is 0 Å². The van der Waals surface area contributed by atoms with Gasteiger partial charge in [0.05, 0.1) is 5.69 Å². The van der Waals surface area contributed by atoms with Gasteiger partial charge in [0.2, 0.25) is 0 Å². The Bertz CT molecular complexity index is 537. The maximum Gasteiger partial charge on any atom is 0.319 e. The van der Waals surface area contributed by atoms with Gasteiger partial charge >= 0.3 is 12.0 Å². The van der Waals surface area contributed by atoms with Crippen LogP contribution in [0, 0.1) is 12.8 Å². The molecule has 2 amide bonds. The number of carboxylic acids is 1. The van der Waals surface area contributed by atoms with E-state index in [4.69, 9.17) is 16.7 Å². The molecular weight excluding hydrogens is 360 g/mol. The minimum absolute atomic E-state index is 0.0943. The summed E-state index contributed by atoms with van der Waals surface area (Å²) >= 11 is 9.38. The van der Waals surface area contributed by atoms with E-state index in [0.717, 1.165) is 10.0 Å². The van der Waals surface area contributed by atoms with Crippen LogP contribution in [0.1, 0.15) is 25.3 Å². The smallest absolute Gasteiger partial charge is 0.319 e. The monoisotopic (exact) mass is 376 g/mol. The van der Waals surface area contributed by atoms with E-state index in [1.807, 2.05) is 19.9 Å². The van der Waals surface area contributed by atoms with Crippen LogP contribution in [0.25, 0.3) is 0 Å². The second kappa shape index (κ2) is 8.24. The first-order valence-electron chi connectivity index (χ1n) is 6.52. The van der Waals surface area contributed by atoms with Gasteiger partial charge in [0.1, 0.15) is 0 Å². The molecule has 0 saturated carbocycles. The fourth-order valence-corrected chi connectivity index (χ4v) is 2.37. The highest BCUT2D eigenvalue weighted by Gasteiger charge is 2.10. The van der Waals surface area contributed by atoms with Crippen molar-refractivity contribution in [2.24, 2.45) is 5.92 Å². The molecule has 0 radical (unpaired) electrons. The van der Waals surface area contributed by atoms with Crippen molar-refractivity contribution in [3.05, 3.63) is 27.2 Å². The number of hydrogen-bond donors (Lipinski definition) is 3. The molecule has 0 fully saturated rings. The third-order valence-electron chi connectivity index (χ3n) is 2.96. The second-order valence-corrected chi connectivity index (χ2v) is 6.22. The zero-order valence-electron chi connectivity index (χ0n) is 11.9. The summed E-state index contributed by atoms with van der Waals surface area (Å²) in [6.07, 6.45) is 0.624. The highest BCUT2D eigenvalue weighted by molar-refractivity contribution is 9.10. The van der Waals surface area contributed by atoms with Crippen molar-refractivity contribution in [1.29, 1.82) is 0 Å². The summed E-state index contributed by atoms with van der Waals surface area (Å²) in [5, 5.41) is 14.6. The van der Waals surface area contributed by atoms with Crippen LogP contribution < -0.4 is 10.6 Å². The number of carbonyl (C=O) groups is 2. The quantitative estimate of drug-likeness (QED) is 0.700. The number of rotatable bonds is 6. The van der Waals surface area contributed by atoms with Crippen molar-refractivity contribution >= 4 is 45.2 Å². The number of hydrogen-bond acceptors (Lipinski definition) is 2. The molecule has 3 N–H and O–H groups in total. The minimum Gasteiger partial charge on any atom is -0.481 e. The Labute approximate surface area is 137 Å². The first-order valence-corrected chi connectivity index (χ1v) is 7.69.